The number of hydrogen-bond donors (Lipinski definition) is 1. The Hall–Kier alpha value is -1.12. The number of rotatable bonds is 3. The molecule has 4 nitrogen and oxygen atoms in total. The van der Waals surface area contributed by atoms with Crippen LogP contribution in [0.2, 0.25) is 0 Å². The number of nitrogens with zero attached hydrogens (tertiary/aromatic N) is 1. The molecule has 1 aromatic carbocycles. The standard InChI is InChI=1S/C12H16NO3P/c14-12(15)8-9-1-2-10(11(17)7-9)13-3-5-16-6-4-13/h1-2,7H,3-6,8,17H2,(H,14,15). The van der Waals surface area contributed by atoms with Crippen LogP contribution >= 0.6 is 9.24 Å². The highest BCUT2D eigenvalue weighted by atomic mass is 31.0. The molecule has 1 atom stereocenters. The molecule has 0 bridgehead atoms. The number of anilines is 1. The highest BCUT2D eigenvalue weighted by Crippen LogP contribution is 2.17. The van der Waals surface area contributed by atoms with Crippen molar-refractivity contribution >= 4 is 26.2 Å². The lowest BCUT2D eigenvalue weighted by molar-refractivity contribution is -0.136. The van der Waals surface area contributed by atoms with Crippen LogP contribution in [0.4, 0.5) is 5.69 Å². The third-order valence-corrected chi connectivity index (χ3v) is 3.26. The first-order valence-electron chi connectivity index (χ1n) is 5.59. The quantitative estimate of drug-likeness (QED) is 0.804. The molecule has 0 aliphatic carbocycles. The molecule has 17 heavy (non-hydrogen) atoms. The lowest BCUT2D eigenvalue weighted by atomic mass is 10.1. The molecule has 0 radical (unpaired) electrons. The zero-order valence-electron chi connectivity index (χ0n) is 9.56. The highest BCUT2D eigenvalue weighted by Gasteiger charge is 2.13. The van der Waals surface area contributed by atoms with Gasteiger partial charge in [0.15, 0.2) is 0 Å². The maximum absolute atomic E-state index is 10.6. The van der Waals surface area contributed by atoms with Crippen molar-refractivity contribution in [2.45, 2.75) is 6.42 Å². The van der Waals surface area contributed by atoms with Gasteiger partial charge < -0.3 is 14.7 Å². The summed E-state index contributed by atoms with van der Waals surface area (Å²) in [7, 11) is 2.68. The summed E-state index contributed by atoms with van der Waals surface area (Å²) >= 11 is 0. The number of hydrogen-bond acceptors (Lipinski definition) is 3. The van der Waals surface area contributed by atoms with E-state index in [0.29, 0.717) is 0 Å². The number of ether oxygens (including phenoxy) is 1. The molecule has 1 N–H and O–H groups in total. The van der Waals surface area contributed by atoms with Crippen LogP contribution in [-0.4, -0.2) is 37.4 Å². The predicted molar refractivity (Wildman–Crippen MR) is 70.2 cm³/mol. The van der Waals surface area contributed by atoms with Crippen molar-refractivity contribution in [1.29, 1.82) is 0 Å². The molecular formula is C12H16NO3P. The number of morpholine rings is 1. The molecule has 0 spiro atoms. The minimum absolute atomic E-state index is 0.0742. The Kier molecular flexibility index (Phi) is 3.97. The van der Waals surface area contributed by atoms with Crippen LogP contribution in [-0.2, 0) is 16.0 Å². The van der Waals surface area contributed by atoms with Crippen molar-refractivity contribution in [1.82, 2.24) is 0 Å². The van der Waals surface area contributed by atoms with Gasteiger partial charge in [0, 0.05) is 18.8 Å². The van der Waals surface area contributed by atoms with Gasteiger partial charge in [-0.1, -0.05) is 6.07 Å². The van der Waals surface area contributed by atoms with Crippen molar-refractivity contribution in [2.24, 2.45) is 0 Å². The van der Waals surface area contributed by atoms with Gasteiger partial charge in [-0.25, -0.2) is 0 Å². The van der Waals surface area contributed by atoms with E-state index in [0.717, 1.165) is 42.9 Å². The Morgan fingerprint density at radius 2 is 2.12 bits per heavy atom. The third kappa shape index (κ3) is 3.18. The molecule has 1 heterocycles. The van der Waals surface area contributed by atoms with E-state index in [9.17, 15) is 4.79 Å². The van der Waals surface area contributed by atoms with Crippen LogP contribution < -0.4 is 10.2 Å². The van der Waals surface area contributed by atoms with Crippen molar-refractivity contribution in [3.05, 3.63) is 23.8 Å². The molecule has 1 aliphatic rings. The zero-order valence-corrected chi connectivity index (χ0v) is 10.7. The summed E-state index contributed by atoms with van der Waals surface area (Å²) in [6.45, 7) is 3.28. The average molecular weight is 253 g/mol. The van der Waals surface area contributed by atoms with E-state index in [1.54, 1.807) is 0 Å². The van der Waals surface area contributed by atoms with Gasteiger partial charge in [0.05, 0.1) is 19.6 Å². The van der Waals surface area contributed by atoms with Crippen LogP contribution in [0.1, 0.15) is 5.56 Å². The van der Waals surface area contributed by atoms with E-state index in [-0.39, 0.29) is 6.42 Å². The van der Waals surface area contributed by atoms with E-state index < -0.39 is 5.97 Å². The van der Waals surface area contributed by atoms with Crippen LogP contribution in [0.5, 0.6) is 0 Å². The Bertz CT molecular complexity index is 416. The molecule has 0 saturated carbocycles. The first-order chi connectivity index (χ1) is 8.16. The van der Waals surface area contributed by atoms with Gasteiger partial charge >= 0.3 is 5.97 Å². The van der Waals surface area contributed by atoms with E-state index in [2.05, 4.69) is 14.1 Å². The van der Waals surface area contributed by atoms with Crippen LogP contribution in [0, 0.1) is 0 Å². The van der Waals surface area contributed by atoms with Gasteiger partial charge in [-0.05, 0) is 23.0 Å². The largest absolute Gasteiger partial charge is 0.481 e. The Balaban J connectivity index is 2.15. The maximum atomic E-state index is 10.6. The topological polar surface area (TPSA) is 49.8 Å². The van der Waals surface area contributed by atoms with E-state index >= 15 is 0 Å². The smallest absolute Gasteiger partial charge is 0.307 e. The second kappa shape index (κ2) is 5.48. The molecule has 92 valence electrons. The normalized spacial score (nSPS) is 15.9. The van der Waals surface area contributed by atoms with Crippen LogP contribution in [0.25, 0.3) is 0 Å². The molecule has 1 unspecified atom stereocenters. The number of aliphatic carboxylic acids is 1. The van der Waals surface area contributed by atoms with Gasteiger partial charge in [0.25, 0.3) is 0 Å². The molecule has 1 saturated heterocycles. The summed E-state index contributed by atoms with van der Waals surface area (Å²) in [6, 6.07) is 5.79. The first-order valence-corrected chi connectivity index (χ1v) is 6.17. The Labute approximate surface area is 103 Å². The SMILES string of the molecule is O=C(O)Cc1ccc(N2CCOCC2)c(P)c1. The monoisotopic (exact) mass is 253 g/mol. The summed E-state index contributed by atoms with van der Waals surface area (Å²) in [5.74, 6) is -0.798. The van der Waals surface area contributed by atoms with Crippen molar-refractivity contribution < 1.29 is 14.6 Å². The molecule has 0 aromatic heterocycles. The maximum Gasteiger partial charge on any atom is 0.307 e. The number of carbonyl (C=O) groups is 1. The van der Waals surface area contributed by atoms with Crippen molar-refractivity contribution in [3.63, 3.8) is 0 Å². The van der Waals surface area contributed by atoms with E-state index in [1.807, 2.05) is 18.2 Å². The lowest BCUT2D eigenvalue weighted by Crippen LogP contribution is -2.38. The van der Waals surface area contributed by atoms with Crippen LogP contribution in [0.3, 0.4) is 0 Å². The number of carboxylic acids is 1. The molecule has 1 aliphatic heterocycles. The highest BCUT2D eigenvalue weighted by molar-refractivity contribution is 7.28. The molecule has 5 heteroatoms. The van der Waals surface area contributed by atoms with E-state index in [1.165, 1.54) is 0 Å². The summed E-state index contributed by atoms with van der Waals surface area (Å²) < 4.78 is 5.31. The van der Waals surface area contributed by atoms with Gasteiger partial charge in [-0.15, -0.1) is 9.24 Å². The van der Waals surface area contributed by atoms with Crippen molar-refractivity contribution in [3.8, 4) is 0 Å². The van der Waals surface area contributed by atoms with Gasteiger partial charge in [0.1, 0.15) is 0 Å². The summed E-state index contributed by atoms with van der Waals surface area (Å²) in [5.41, 5.74) is 1.98. The van der Waals surface area contributed by atoms with Gasteiger partial charge in [-0.2, -0.15) is 0 Å². The molecular weight excluding hydrogens is 237 g/mol. The summed E-state index contributed by atoms with van der Waals surface area (Å²) in [6.07, 6.45) is 0.0742. The van der Waals surface area contributed by atoms with Crippen molar-refractivity contribution in [2.75, 3.05) is 31.2 Å². The minimum Gasteiger partial charge on any atom is -0.481 e. The third-order valence-electron chi connectivity index (χ3n) is 2.80. The Morgan fingerprint density at radius 1 is 1.41 bits per heavy atom. The number of carboxylic acid groups (broad SMARTS) is 1. The summed E-state index contributed by atoms with van der Waals surface area (Å²) in [5, 5.41) is 9.79. The minimum atomic E-state index is -0.798. The number of benzene rings is 1. The zero-order chi connectivity index (χ0) is 12.3. The predicted octanol–water partition coefficient (Wildman–Crippen LogP) is 0.651. The fourth-order valence-corrected chi connectivity index (χ4v) is 2.47. The fourth-order valence-electron chi connectivity index (χ4n) is 1.98. The Morgan fingerprint density at radius 3 is 2.71 bits per heavy atom. The molecule has 1 fully saturated rings. The molecule has 2 rings (SSSR count). The average Bonchev–Trinajstić information content (AvgIpc) is 2.29. The molecule has 1 aromatic rings. The van der Waals surface area contributed by atoms with Crippen LogP contribution in [0.15, 0.2) is 18.2 Å². The second-order valence-corrected chi connectivity index (χ2v) is 4.69. The fraction of sp³-hybridized carbons (Fsp3) is 0.417. The first kappa shape index (κ1) is 12.3. The molecule has 0 amide bonds. The second-order valence-electron chi connectivity index (χ2n) is 4.06. The van der Waals surface area contributed by atoms with E-state index in [4.69, 9.17) is 9.84 Å². The van der Waals surface area contributed by atoms with Gasteiger partial charge in [-0.3, -0.25) is 4.79 Å². The van der Waals surface area contributed by atoms with Gasteiger partial charge in [0.2, 0.25) is 0 Å². The summed E-state index contributed by atoms with van der Waals surface area (Å²) in [4.78, 5) is 12.9. The lowest BCUT2D eigenvalue weighted by Gasteiger charge is -2.30.